The molecule has 0 unspecified atom stereocenters. The molecule has 1 aliphatic carbocycles. The Morgan fingerprint density at radius 2 is 2.27 bits per heavy atom. The number of rotatable bonds is 3. The maximum absolute atomic E-state index is 5.99. The number of hydrogen-bond donors (Lipinski definition) is 1. The Bertz CT molecular complexity index is 297. The second-order valence-corrected chi connectivity index (χ2v) is 3.82. The van der Waals surface area contributed by atoms with Crippen LogP contribution in [0.3, 0.4) is 0 Å². The van der Waals surface area contributed by atoms with Crippen LogP contribution in [0.2, 0.25) is 0 Å². The minimum absolute atomic E-state index is 0. The quantitative estimate of drug-likeness (QED) is 0.894. The molecule has 1 aromatic heterocycles. The lowest BCUT2D eigenvalue weighted by Gasteiger charge is -2.11. The van der Waals surface area contributed by atoms with Crippen LogP contribution < -0.4 is 10.5 Å². The summed E-state index contributed by atoms with van der Waals surface area (Å²) in [5.74, 6) is 1.38. The van der Waals surface area contributed by atoms with Gasteiger partial charge in [0.05, 0.1) is 11.7 Å². The fourth-order valence-electron chi connectivity index (χ4n) is 1.36. The molecule has 1 heterocycles. The first kappa shape index (κ1) is 14.5. The van der Waals surface area contributed by atoms with Crippen LogP contribution in [0.25, 0.3) is 0 Å². The van der Waals surface area contributed by atoms with E-state index in [9.17, 15) is 0 Å². The van der Waals surface area contributed by atoms with Gasteiger partial charge < -0.3 is 10.5 Å². The third-order valence-corrected chi connectivity index (χ3v) is 2.65. The summed E-state index contributed by atoms with van der Waals surface area (Å²) in [5, 5.41) is 0. The van der Waals surface area contributed by atoms with Crippen molar-refractivity contribution in [2.75, 3.05) is 6.61 Å². The largest absolute Gasteiger partial charge is 0.490 e. The standard InChI is InChI=1S/C10H14N2O.2ClH/c1-8-5-10(8,11)7-13-9-3-2-4-12-6-9;;/h2-4,6,8H,5,7,11H2,1H3;2*1H/t8-,10+;;/m1../s1. The summed E-state index contributed by atoms with van der Waals surface area (Å²) in [6.07, 6.45) is 4.49. The molecule has 15 heavy (non-hydrogen) atoms. The Hall–Kier alpha value is -0.510. The molecule has 1 saturated carbocycles. The smallest absolute Gasteiger partial charge is 0.137 e. The van der Waals surface area contributed by atoms with E-state index in [1.54, 1.807) is 12.4 Å². The third-order valence-electron chi connectivity index (χ3n) is 2.65. The fourth-order valence-corrected chi connectivity index (χ4v) is 1.36. The average molecular weight is 251 g/mol. The van der Waals surface area contributed by atoms with Crippen molar-refractivity contribution in [2.24, 2.45) is 11.7 Å². The molecule has 2 N–H and O–H groups in total. The molecule has 0 amide bonds. The third kappa shape index (κ3) is 3.52. The highest BCUT2D eigenvalue weighted by Crippen LogP contribution is 2.40. The molecule has 0 aliphatic heterocycles. The molecule has 0 bridgehead atoms. The monoisotopic (exact) mass is 250 g/mol. The predicted molar refractivity (Wildman–Crippen MR) is 64.9 cm³/mol. The van der Waals surface area contributed by atoms with Gasteiger partial charge in [0.1, 0.15) is 12.4 Å². The van der Waals surface area contributed by atoms with Crippen LogP contribution in [0, 0.1) is 5.92 Å². The van der Waals surface area contributed by atoms with Crippen LogP contribution in [-0.2, 0) is 0 Å². The van der Waals surface area contributed by atoms with E-state index in [2.05, 4.69) is 11.9 Å². The van der Waals surface area contributed by atoms with Gasteiger partial charge in [-0.05, 0) is 24.5 Å². The van der Waals surface area contributed by atoms with Crippen LogP contribution in [0.15, 0.2) is 24.5 Å². The second-order valence-electron chi connectivity index (χ2n) is 3.82. The molecule has 3 nitrogen and oxygen atoms in total. The number of ether oxygens (including phenoxy) is 1. The predicted octanol–water partition coefficient (Wildman–Crippen LogP) is 2.04. The zero-order valence-electron chi connectivity index (χ0n) is 8.55. The lowest BCUT2D eigenvalue weighted by atomic mass is 10.2. The molecular weight excluding hydrogens is 235 g/mol. The van der Waals surface area contributed by atoms with E-state index in [4.69, 9.17) is 10.5 Å². The summed E-state index contributed by atoms with van der Waals surface area (Å²) < 4.78 is 5.52. The molecule has 86 valence electrons. The molecule has 5 heteroatoms. The van der Waals surface area contributed by atoms with Crippen LogP contribution in [-0.4, -0.2) is 17.1 Å². The molecule has 1 fully saturated rings. The first-order valence-electron chi connectivity index (χ1n) is 4.52. The van der Waals surface area contributed by atoms with E-state index in [0.717, 1.165) is 12.2 Å². The minimum atomic E-state index is -0.0875. The van der Waals surface area contributed by atoms with E-state index in [0.29, 0.717) is 12.5 Å². The highest BCUT2D eigenvalue weighted by molar-refractivity contribution is 5.85. The normalized spacial score (nSPS) is 27.2. The van der Waals surface area contributed by atoms with Gasteiger partial charge in [-0.3, -0.25) is 4.98 Å². The fraction of sp³-hybridized carbons (Fsp3) is 0.500. The highest BCUT2D eigenvalue weighted by atomic mass is 35.5. The molecule has 0 spiro atoms. The second kappa shape index (κ2) is 5.54. The van der Waals surface area contributed by atoms with Crippen molar-refractivity contribution >= 4 is 24.8 Å². The SMILES string of the molecule is C[C@@H]1C[C@]1(N)COc1cccnc1.Cl.Cl. The number of hydrogen-bond acceptors (Lipinski definition) is 3. The Labute approximate surface area is 102 Å². The van der Waals surface area contributed by atoms with Gasteiger partial charge in [0.15, 0.2) is 0 Å². The van der Waals surface area contributed by atoms with Crippen LogP contribution in [0.4, 0.5) is 0 Å². The van der Waals surface area contributed by atoms with E-state index < -0.39 is 0 Å². The van der Waals surface area contributed by atoms with Gasteiger partial charge in [-0.2, -0.15) is 0 Å². The van der Waals surface area contributed by atoms with Gasteiger partial charge in [0.2, 0.25) is 0 Å². The van der Waals surface area contributed by atoms with Gasteiger partial charge in [-0.15, -0.1) is 24.8 Å². The Morgan fingerprint density at radius 3 is 2.73 bits per heavy atom. The zero-order valence-corrected chi connectivity index (χ0v) is 10.2. The molecule has 1 aromatic rings. The zero-order chi connectivity index (χ0) is 9.31. The topological polar surface area (TPSA) is 48.1 Å². The summed E-state index contributed by atoms with van der Waals surface area (Å²) in [4.78, 5) is 3.96. The van der Waals surface area contributed by atoms with Crippen molar-refractivity contribution in [1.29, 1.82) is 0 Å². The molecule has 2 atom stereocenters. The summed E-state index contributed by atoms with van der Waals surface area (Å²) in [5.41, 5.74) is 5.91. The van der Waals surface area contributed by atoms with Crippen LogP contribution >= 0.6 is 24.8 Å². The van der Waals surface area contributed by atoms with Gasteiger partial charge >= 0.3 is 0 Å². The van der Waals surface area contributed by atoms with E-state index >= 15 is 0 Å². The Kier molecular flexibility index (Phi) is 5.35. The summed E-state index contributed by atoms with van der Waals surface area (Å²) in [7, 11) is 0. The van der Waals surface area contributed by atoms with E-state index in [1.165, 1.54) is 0 Å². The van der Waals surface area contributed by atoms with Crippen molar-refractivity contribution in [3.05, 3.63) is 24.5 Å². The van der Waals surface area contributed by atoms with Crippen molar-refractivity contribution in [3.63, 3.8) is 0 Å². The number of nitrogens with zero attached hydrogens (tertiary/aromatic N) is 1. The maximum Gasteiger partial charge on any atom is 0.137 e. The first-order chi connectivity index (χ1) is 6.21. The van der Waals surface area contributed by atoms with Gasteiger partial charge in [0, 0.05) is 6.20 Å². The van der Waals surface area contributed by atoms with Crippen molar-refractivity contribution in [1.82, 2.24) is 4.98 Å². The molecule has 0 radical (unpaired) electrons. The lowest BCUT2D eigenvalue weighted by molar-refractivity contribution is 0.270. The minimum Gasteiger partial charge on any atom is -0.490 e. The Balaban J connectivity index is 0.000000980. The van der Waals surface area contributed by atoms with Gasteiger partial charge in [0.25, 0.3) is 0 Å². The van der Waals surface area contributed by atoms with Crippen LogP contribution in [0.5, 0.6) is 5.75 Å². The highest BCUT2D eigenvalue weighted by Gasteiger charge is 2.48. The van der Waals surface area contributed by atoms with E-state index in [1.807, 2.05) is 12.1 Å². The van der Waals surface area contributed by atoms with Gasteiger partial charge in [-0.1, -0.05) is 6.92 Å². The van der Waals surface area contributed by atoms with Crippen molar-refractivity contribution in [2.45, 2.75) is 18.9 Å². The Morgan fingerprint density at radius 1 is 1.60 bits per heavy atom. The first-order valence-corrected chi connectivity index (χ1v) is 4.52. The number of pyridine rings is 1. The molecule has 1 aliphatic rings. The molecule has 0 saturated heterocycles. The average Bonchev–Trinajstić information content (AvgIpc) is 2.74. The lowest BCUT2D eigenvalue weighted by Crippen LogP contribution is -2.32. The van der Waals surface area contributed by atoms with Crippen molar-refractivity contribution in [3.8, 4) is 5.75 Å². The van der Waals surface area contributed by atoms with E-state index in [-0.39, 0.29) is 30.4 Å². The number of aromatic nitrogens is 1. The van der Waals surface area contributed by atoms with Gasteiger partial charge in [-0.25, -0.2) is 0 Å². The summed E-state index contributed by atoms with van der Waals surface area (Å²) >= 11 is 0. The summed E-state index contributed by atoms with van der Waals surface area (Å²) in [6, 6.07) is 3.75. The van der Waals surface area contributed by atoms with Crippen LogP contribution in [0.1, 0.15) is 13.3 Å². The summed E-state index contributed by atoms with van der Waals surface area (Å²) in [6.45, 7) is 2.74. The molecular formula is C10H16Cl2N2O. The van der Waals surface area contributed by atoms with Crippen molar-refractivity contribution < 1.29 is 4.74 Å². The molecule has 2 rings (SSSR count). The maximum atomic E-state index is 5.99. The number of nitrogens with two attached hydrogens (primary N) is 1. The molecule has 0 aromatic carbocycles. The number of halogens is 2.